The zero-order valence-electron chi connectivity index (χ0n) is 10.0. The zero-order chi connectivity index (χ0) is 12.1. The highest BCUT2D eigenvalue weighted by molar-refractivity contribution is 9.10. The topological polar surface area (TPSA) is 20.3 Å². The molecule has 0 atom stereocenters. The van der Waals surface area contributed by atoms with Gasteiger partial charge in [-0.25, -0.2) is 0 Å². The van der Waals surface area contributed by atoms with Gasteiger partial charge in [-0.1, -0.05) is 29.8 Å². The van der Waals surface area contributed by atoms with Crippen LogP contribution in [0.2, 0.25) is 0 Å². The Kier molecular flexibility index (Phi) is 5.00. The van der Waals surface area contributed by atoms with Crippen molar-refractivity contribution in [2.75, 3.05) is 11.9 Å². The summed E-state index contributed by atoms with van der Waals surface area (Å²) in [5, 5.41) is 0. The van der Waals surface area contributed by atoms with Gasteiger partial charge in [0.15, 0.2) is 6.29 Å². The van der Waals surface area contributed by atoms with Gasteiger partial charge in [0.1, 0.15) is 0 Å². The van der Waals surface area contributed by atoms with Crippen molar-refractivity contribution < 1.29 is 4.79 Å². The van der Waals surface area contributed by atoms with Gasteiger partial charge in [-0.3, -0.25) is 4.79 Å². The Morgan fingerprint density at radius 2 is 2.00 bits per heavy atom. The lowest BCUT2D eigenvalue weighted by molar-refractivity contribution is 0.112. The molecule has 0 heterocycles. The minimum absolute atomic E-state index is 0.480. The van der Waals surface area contributed by atoms with E-state index in [4.69, 9.17) is 0 Å². The fraction of sp³-hybridized carbons (Fsp3) is 0.462. The first kappa shape index (κ1) is 13.2. The standard InChI is InChI=1S/C13H18BrNO/c1-4-12(5-2)15(3)13-8-11(14)7-6-10(13)9-16/h6-9,12H,4-5H2,1-3H3. The highest BCUT2D eigenvalue weighted by Crippen LogP contribution is 2.26. The molecule has 0 spiro atoms. The fourth-order valence-electron chi connectivity index (χ4n) is 1.96. The molecule has 1 rings (SSSR count). The number of benzene rings is 1. The van der Waals surface area contributed by atoms with E-state index in [0.29, 0.717) is 6.04 Å². The van der Waals surface area contributed by atoms with Gasteiger partial charge < -0.3 is 4.90 Å². The van der Waals surface area contributed by atoms with Gasteiger partial charge in [0.25, 0.3) is 0 Å². The predicted molar refractivity (Wildman–Crippen MR) is 72.3 cm³/mol. The molecule has 1 aromatic carbocycles. The number of nitrogens with zero attached hydrogens (tertiary/aromatic N) is 1. The summed E-state index contributed by atoms with van der Waals surface area (Å²) >= 11 is 3.44. The maximum absolute atomic E-state index is 11.0. The van der Waals surface area contributed by atoms with Gasteiger partial charge in [0, 0.05) is 28.8 Å². The van der Waals surface area contributed by atoms with Crippen molar-refractivity contribution in [3.63, 3.8) is 0 Å². The Morgan fingerprint density at radius 3 is 2.50 bits per heavy atom. The number of hydrogen-bond donors (Lipinski definition) is 0. The average molecular weight is 284 g/mol. The fourth-order valence-corrected chi connectivity index (χ4v) is 2.30. The lowest BCUT2D eigenvalue weighted by Gasteiger charge is -2.29. The Bertz CT molecular complexity index is 361. The van der Waals surface area contributed by atoms with Crippen LogP contribution < -0.4 is 4.90 Å². The molecular weight excluding hydrogens is 266 g/mol. The second kappa shape index (κ2) is 6.04. The molecule has 0 aromatic heterocycles. The van der Waals surface area contributed by atoms with E-state index in [1.54, 1.807) is 0 Å². The van der Waals surface area contributed by atoms with Gasteiger partial charge in [0.2, 0.25) is 0 Å². The summed E-state index contributed by atoms with van der Waals surface area (Å²) in [6.07, 6.45) is 3.08. The molecule has 16 heavy (non-hydrogen) atoms. The van der Waals surface area contributed by atoms with E-state index in [2.05, 4.69) is 34.7 Å². The second-order valence-corrected chi connectivity index (χ2v) is 4.82. The Hall–Kier alpha value is -0.830. The van der Waals surface area contributed by atoms with Crippen LogP contribution in [-0.4, -0.2) is 19.4 Å². The van der Waals surface area contributed by atoms with E-state index in [0.717, 1.165) is 34.9 Å². The minimum atomic E-state index is 0.480. The van der Waals surface area contributed by atoms with Gasteiger partial charge in [0.05, 0.1) is 0 Å². The molecule has 0 saturated heterocycles. The molecule has 0 unspecified atom stereocenters. The molecule has 0 aliphatic carbocycles. The van der Waals surface area contributed by atoms with Gasteiger partial charge in [-0.05, 0) is 31.0 Å². The number of halogens is 1. The molecule has 2 nitrogen and oxygen atoms in total. The lowest BCUT2D eigenvalue weighted by atomic mass is 10.1. The predicted octanol–water partition coefficient (Wildman–Crippen LogP) is 3.89. The summed E-state index contributed by atoms with van der Waals surface area (Å²) in [6, 6.07) is 6.23. The Morgan fingerprint density at radius 1 is 1.38 bits per heavy atom. The van der Waals surface area contributed by atoms with E-state index in [1.165, 1.54) is 0 Å². The van der Waals surface area contributed by atoms with E-state index >= 15 is 0 Å². The third-order valence-corrected chi connectivity index (χ3v) is 3.48. The maximum Gasteiger partial charge on any atom is 0.152 e. The number of hydrogen-bond acceptors (Lipinski definition) is 2. The smallest absolute Gasteiger partial charge is 0.152 e. The normalized spacial score (nSPS) is 10.6. The highest BCUT2D eigenvalue weighted by atomic mass is 79.9. The first-order valence-corrected chi connectivity index (χ1v) is 6.40. The van der Waals surface area contributed by atoms with Crippen LogP contribution in [0.4, 0.5) is 5.69 Å². The van der Waals surface area contributed by atoms with Crippen molar-refractivity contribution in [1.29, 1.82) is 0 Å². The van der Waals surface area contributed by atoms with Gasteiger partial charge >= 0.3 is 0 Å². The summed E-state index contributed by atoms with van der Waals surface area (Å²) in [6.45, 7) is 4.34. The number of anilines is 1. The van der Waals surface area contributed by atoms with E-state index in [-0.39, 0.29) is 0 Å². The first-order chi connectivity index (χ1) is 7.63. The molecule has 0 amide bonds. The molecule has 0 aliphatic rings. The van der Waals surface area contributed by atoms with Crippen LogP contribution in [0.15, 0.2) is 22.7 Å². The largest absolute Gasteiger partial charge is 0.371 e. The molecule has 1 aromatic rings. The van der Waals surface area contributed by atoms with Gasteiger partial charge in [-0.15, -0.1) is 0 Å². The molecule has 0 radical (unpaired) electrons. The molecule has 0 aliphatic heterocycles. The van der Waals surface area contributed by atoms with Crippen molar-refractivity contribution in [3.8, 4) is 0 Å². The average Bonchev–Trinajstić information content (AvgIpc) is 2.30. The Labute approximate surface area is 106 Å². The summed E-state index contributed by atoms with van der Waals surface area (Å²) in [5.41, 5.74) is 1.75. The monoisotopic (exact) mass is 283 g/mol. The van der Waals surface area contributed by atoms with E-state index in [1.807, 2.05) is 25.2 Å². The van der Waals surface area contributed by atoms with Crippen LogP contribution in [0.5, 0.6) is 0 Å². The third-order valence-electron chi connectivity index (χ3n) is 2.99. The number of carbonyl (C=O) groups excluding carboxylic acids is 1. The van der Waals surface area contributed by atoms with Crippen LogP contribution in [0.1, 0.15) is 37.0 Å². The highest BCUT2D eigenvalue weighted by Gasteiger charge is 2.14. The van der Waals surface area contributed by atoms with Crippen LogP contribution >= 0.6 is 15.9 Å². The molecule has 88 valence electrons. The van der Waals surface area contributed by atoms with Crippen LogP contribution in [0, 0.1) is 0 Å². The van der Waals surface area contributed by atoms with Crippen molar-refractivity contribution in [2.45, 2.75) is 32.7 Å². The van der Waals surface area contributed by atoms with Gasteiger partial charge in [-0.2, -0.15) is 0 Å². The van der Waals surface area contributed by atoms with Crippen molar-refractivity contribution in [3.05, 3.63) is 28.2 Å². The Balaban J connectivity index is 3.09. The van der Waals surface area contributed by atoms with Crippen LogP contribution in [-0.2, 0) is 0 Å². The number of aldehydes is 1. The SMILES string of the molecule is CCC(CC)N(C)c1cc(Br)ccc1C=O. The zero-order valence-corrected chi connectivity index (χ0v) is 11.6. The summed E-state index contributed by atoms with van der Waals surface area (Å²) in [7, 11) is 2.05. The number of carbonyl (C=O) groups is 1. The molecule has 3 heteroatoms. The molecule has 0 fully saturated rings. The molecule has 0 N–H and O–H groups in total. The van der Waals surface area contributed by atoms with Crippen molar-refractivity contribution in [2.24, 2.45) is 0 Å². The van der Waals surface area contributed by atoms with Crippen LogP contribution in [0.3, 0.4) is 0 Å². The molecular formula is C13H18BrNO. The summed E-state index contributed by atoms with van der Waals surface area (Å²) < 4.78 is 1.01. The molecule has 0 saturated carbocycles. The summed E-state index contributed by atoms with van der Waals surface area (Å²) in [4.78, 5) is 13.2. The lowest BCUT2D eigenvalue weighted by Crippen LogP contribution is -2.31. The van der Waals surface area contributed by atoms with Crippen molar-refractivity contribution >= 4 is 27.9 Å². The number of rotatable bonds is 5. The van der Waals surface area contributed by atoms with E-state index in [9.17, 15) is 4.79 Å². The van der Waals surface area contributed by atoms with Crippen molar-refractivity contribution in [1.82, 2.24) is 0 Å². The summed E-state index contributed by atoms with van der Waals surface area (Å²) in [5.74, 6) is 0. The maximum atomic E-state index is 11.0. The quantitative estimate of drug-likeness (QED) is 0.765. The van der Waals surface area contributed by atoms with E-state index < -0.39 is 0 Å². The van der Waals surface area contributed by atoms with Crippen LogP contribution in [0.25, 0.3) is 0 Å². The molecule has 0 bridgehead atoms. The third kappa shape index (κ3) is 2.85. The second-order valence-electron chi connectivity index (χ2n) is 3.90. The minimum Gasteiger partial charge on any atom is -0.371 e. The first-order valence-electron chi connectivity index (χ1n) is 5.61.